The summed E-state index contributed by atoms with van der Waals surface area (Å²) in [6.45, 7) is 0. The van der Waals surface area contributed by atoms with Gasteiger partial charge in [-0.15, -0.1) is 11.3 Å². The minimum absolute atomic E-state index is 0.139. The van der Waals surface area contributed by atoms with Crippen molar-refractivity contribution in [2.24, 2.45) is 5.73 Å². The summed E-state index contributed by atoms with van der Waals surface area (Å²) in [7, 11) is 0. The van der Waals surface area contributed by atoms with Gasteiger partial charge >= 0.3 is 0 Å². The molecule has 4 heteroatoms. The van der Waals surface area contributed by atoms with Gasteiger partial charge in [-0.3, -0.25) is 0 Å². The Bertz CT molecular complexity index is 454. The number of phenolic OH excluding ortho intramolecular Hbond substituents is 2. The Morgan fingerprint density at radius 1 is 1.13 bits per heavy atom. The fourth-order valence-corrected chi connectivity index (χ4v) is 2.17. The Kier molecular flexibility index (Phi) is 2.62. The van der Waals surface area contributed by atoms with Crippen molar-refractivity contribution in [3.8, 4) is 11.5 Å². The van der Waals surface area contributed by atoms with Gasteiger partial charge in [0.05, 0.1) is 6.04 Å². The van der Waals surface area contributed by atoms with Gasteiger partial charge in [0.25, 0.3) is 0 Å². The highest BCUT2D eigenvalue weighted by atomic mass is 32.1. The van der Waals surface area contributed by atoms with Crippen LogP contribution in [0.15, 0.2) is 35.7 Å². The van der Waals surface area contributed by atoms with Crippen molar-refractivity contribution in [3.63, 3.8) is 0 Å². The standard InChI is InChI=1S/C11H11NO2S/c12-10(9-5-2-6-15-9)7-3-1-4-8(13)11(7)14/h1-6,10,13-14H,12H2/t10-/m1/s1. The van der Waals surface area contributed by atoms with Crippen LogP contribution in [0.2, 0.25) is 0 Å². The molecule has 0 amide bonds. The zero-order valence-electron chi connectivity index (χ0n) is 7.92. The average molecular weight is 221 g/mol. The van der Waals surface area contributed by atoms with E-state index in [-0.39, 0.29) is 11.5 Å². The molecule has 0 aliphatic rings. The van der Waals surface area contributed by atoms with Crippen LogP contribution < -0.4 is 5.73 Å². The van der Waals surface area contributed by atoms with Crippen LogP contribution in [0.5, 0.6) is 11.5 Å². The zero-order chi connectivity index (χ0) is 10.8. The van der Waals surface area contributed by atoms with Crippen LogP contribution >= 0.6 is 11.3 Å². The molecule has 1 aromatic heterocycles. The van der Waals surface area contributed by atoms with Crippen LogP contribution in [0.25, 0.3) is 0 Å². The molecule has 0 saturated heterocycles. The smallest absolute Gasteiger partial charge is 0.162 e. The predicted octanol–water partition coefficient (Wildman–Crippen LogP) is 2.21. The molecule has 2 aromatic rings. The Balaban J connectivity index is 2.42. The molecule has 3 nitrogen and oxygen atoms in total. The summed E-state index contributed by atoms with van der Waals surface area (Å²) in [6, 6.07) is 8.22. The summed E-state index contributed by atoms with van der Waals surface area (Å²) in [5, 5.41) is 20.9. The van der Waals surface area contributed by atoms with E-state index in [4.69, 9.17) is 5.73 Å². The van der Waals surface area contributed by atoms with Crippen molar-refractivity contribution < 1.29 is 10.2 Å². The molecular formula is C11H11NO2S. The molecule has 4 N–H and O–H groups in total. The maximum Gasteiger partial charge on any atom is 0.162 e. The SMILES string of the molecule is N[C@@H](c1cccs1)c1cccc(O)c1O. The van der Waals surface area contributed by atoms with E-state index in [1.165, 1.54) is 17.4 Å². The summed E-state index contributed by atoms with van der Waals surface area (Å²) in [6.07, 6.45) is 0. The fourth-order valence-electron chi connectivity index (χ4n) is 1.42. The monoisotopic (exact) mass is 221 g/mol. The predicted molar refractivity (Wildman–Crippen MR) is 60.1 cm³/mol. The number of thiophene rings is 1. The lowest BCUT2D eigenvalue weighted by atomic mass is 10.0. The summed E-state index contributed by atoms with van der Waals surface area (Å²) >= 11 is 1.52. The van der Waals surface area contributed by atoms with Gasteiger partial charge in [0, 0.05) is 10.4 Å². The summed E-state index contributed by atoms with van der Waals surface area (Å²) in [4.78, 5) is 0.955. The minimum atomic E-state index is -0.392. The van der Waals surface area contributed by atoms with Gasteiger partial charge in [-0.05, 0) is 17.5 Å². The third-order valence-electron chi connectivity index (χ3n) is 2.23. The molecule has 0 bridgehead atoms. The molecule has 0 radical (unpaired) electrons. The van der Waals surface area contributed by atoms with Crippen molar-refractivity contribution in [3.05, 3.63) is 46.2 Å². The molecule has 0 aliphatic heterocycles. The highest BCUT2D eigenvalue weighted by molar-refractivity contribution is 7.10. The van der Waals surface area contributed by atoms with Gasteiger partial charge in [0.1, 0.15) is 0 Å². The third-order valence-corrected chi connectivity index (χ3v) is 3.19. The number of rotatable bonds is 2. The van der Waals surface area contributed by atoms with Gasteiger partial charge in [-0.25, -0.2) is 0 Å². The first-order chi connectivity index (χ1) is 7.20. The molecule has 1 atom stereocenters. The van der Waals surface area contributed by atoms with E-state index in [0.29, 0.717) is 5.56 Å². The van der Waals surface area contributed by atoms with Crippen molar-refractivity contribution in [2.45, 2.75) is 6.04 Å². The van der Waals surface area contributed by atoms with Crippen LogP contribution in [0.4, 0.5) is 0 Å². The Morgan fingerprint density at radius 2 is 1.93 bits per heavy atom. The maximum atomic E-state index is 9.64. The topological polar surface area (TPSA) is 66.5 Å². The van der Waals surface area contributed by atoms with Crippen LogP contribution in [0.3, 0.4) is 0 Å². The summed E-state index contributed by atoms with van der Waals surface area (Å²) < 4.78 is 0. The molecular weight excluding hydrogens is 210 g/mol. The molecule has 1 aromatic carbocycles. The lowest BCUT2D eigenvalue weighted by molar-refractivity contribution is 0.398. The first kappa shape index (κ1) is 10.0. The van der Waals surface area contributed by atoms with E-state index in [1.807, 2.05) is 17.5 Å². The molecule has 0 fully saturated rings. The Labute approximate surface area is 91.4 Å². The number of phenols is 2. The highest BCUT2D eigenvalue weighted by Gasteiger charge is 2.15. The second-order valence-electron chi connectivity index (χ2n) is 3.21. The van der Waals surface area contributed by atoms with Crippen LogP contribution in [-0.2, 0) is 0 Å². The summed E-state index contributed by atoms with van der Waals surface area (Å²) in [5.41, 5.74) is 6.51. The second-order valence-corrected chi connectivity index (χ2v) is 4.19. The van der Waals surface area contributed by atoms with Crippen molar-refractivity contribution in [2.75, 3.05) is 0 Å². The van der Waals surface area contributed by atoms with E-state index in [1.54, 1.807) is 12.1 Å². The molecule has 1 heterocycles. The van der Waals surface area contributed by atoms with E-state index in [2.05, 4.69) is 0 Å². The molecule has 0 spiro atoms. The first-order valence-electron chi connectivity index (χ1n) is 4.50. The Morgan fingerprint density at radius 3 is 2.60 bits per heavy atom. The lowest BCUT2D eigenvalue weighted by Crippen LogP contribution is -2.10. The largest absolute Gasteiger partial charge is 0.504 e. The normalized spacial score (nSPS) is 12.6. The van der Waals surface area contributed by atoms with Crippen molar-refractivity contribution in [1.29, 1.82) is 0 Å². The number of para-hydroxylation sites is 1. The van der Waals surface area contributed by atoms with Gasteiger partial charge < -0.3 is 15.9 Å². The molecule has 0 unspecified atom stereocenters. The first-order valence-corrected chi connectivity index (χ1v) is 5.38. The Hall–Kier alpha value is -1.52. The maximum absolute atomic E-state index is 9.64. The van der Waals surface area contributed by atoms with Gasteiger partial charge in [-0.1, -0.05) is 18.2 Å². The second kappa shape index (κ2) is 3.92. The number of aromatic hydroxyl groups is 2. The van der Waals surface area contributed by atoms with Crippen LogP contribution in [0, 0.1) is 0 Å². The fraction of sp³-hybridized carbons (Fsp3) is 0.0909. The van der Waals surface area contributed by atoms with Crippen LogP contribution in [0.1, 0.15) is 16.5 Å². The number of hydrogen-bond acceptors (Lipinski definition) is 4. The highest BCUT2D eigenvalue weighted by Crippen LogP contribution is 2.35. The van der Waals surface area contributed by atoms with Gasteiger partial charge in [0.2, 0.25) is 0 Å². The molecule has 2 rings (SSSR count). The van der Waals surface area contributed by atoms with E-state index in [9.17, 15) is 10.2 Å². The van der Waals surface area contributed by atoms with Crippen LogP contribution in [-0.4, -0.2) is 10.2 Å². The minimum Gasteiger partial charge on any atom is -0.504 e. The van der Waals surface area contributed by atoms with Gasteiger partial charge in [-0.2, -0.15) is 0 Å². The molecule has 78 valence electrons. The summed E-state index contributed by atoms with van der Waals surface area (Å²) in [5.74, 6) is -0.280. The van der Waals surface area contributed by atoms with E-state index < -0.39 is 6.04 Å². The van der Waals surface area contributed by atoms with Crippen molar-refractivity contribution >= 4 is 11.3 Å². The quantitative estimate of drug-likeness (QED) is 0.681. The number of nitrogens with two attached hydrogens (primary N) is 1. The zero-order valence-corrected chi connectivity index (χ0v) is 8.74. The third kappa shape index (κ3) is 1.82. The molecule has 15 heavy (non-hydrogen) atoms. The van der Waals surface area contributed by atoms with Crippen molar-refractivity contribution in [1.82, 2.24) is 0 Å². The molecule has 0 aliphatic carbocycles. The van der Waals surface area contributed by atoms with E-state index >= 15 is 0 Å². The van der Waals surface area contributed by atoms with Gasteiger partial charge in [0.15, 0.2) is 11.5 Å². The molecule has 0 saturated carbocycles. The number of hydrogen-bond donors (Lipinski definition) is 3. The number of benzene rings is 1. The van der Waals surface area contributed by atoms with E-state index in [0.717, 1.165) is 4.88 Å². The average Bonchev–Trinajstić information content (AvgIpc) is 2.74. The lowest BCUT2D eigenvalue weighted by Gasteiger charge is -2.12.